The molecule has 1 heterocycles. The third kappa shape index (κ3) is 3.21. The normalized spacial score (nSPS) is 22.1. The molecule has 112 valence electrons. The average Bonchev–Trinajstić information content (AvgIpc) is 2.62. The highest BCUT2D eigenvalue weighted by atomic mass is 32.2. The van der Waals surface area contributed by atoms with Crippen LogP contribution < -0.4 is 4.72 Å². The average molecular weight is 317 g/mol. The van der Waals surface area contributed by atoms with Crippen molar-refractivity contribution < 1.29 is 16.8 Å². The van der Waals surface area contributed by atoms with Crippen molar-refractivity contribution in [3.8, 4) is 0 Å². The molecule has 5 nitrogen and oxygen atoms in total. The topological polar surface area (TPSA) is 80.3 Å². The van der Waals surface area contributed by atoms with Crippen molar-refractivity contribution in [1.82, 2.24) is 4.72 Å². The summed E-state index contributed by atoms with van der Waals surface area (Å²) < 4.78 is 50.1. The molecular formula is C13H19NO4S2. The van der Waals surface area contributed by atoms with Crippen LogP contribution in [0.5, 0.6) is 0 Å². The fraction of sp³-hybridized carbons (Fsp3) is 0.538. The second-order valence-corrected chi connectivity index (χ2v) is 9.33. The minimum absolute atomic E-state index is 0.0477. The van der Waals surface area contributed by atoms with Gasteiger partial charge in [-0.05, 0) is 49.9 Å². The minimum atomic E-state index is -3.68. The summed E-state index contributed by atoms with van der Waals surface area (Å²) in [6, 6.07) is 2.94. The molecule has 1 aliphatic rings. The van der Waals surface area contributed by atoms with E-state index in [2.05, 4.69) is 4.72 Å². The van der Waals surface area contributed by atoms with Crippen molar-refractivity contribution in [2.75, 3.05) is 11.5 Å². The van der Waals surface area contributed by atoms with E-state index in [1.807, 2.05) is 19.9 Å². The summed E-state index contributed by atoms with van der Waals surface area (Å²) in [5.41, 5.74) is 2.60. The number of hydrogen-bond donors (Lipinski definition) is 1. The second-order valence-electron chi connectivity index (χ2n) is 5.42. The van der Waals surface area contributed by atoms with Crippen LogP contribution >= 0.6 is 0 Å². The molecular weight excluding hydrogens is 298 g/mol. The summed E-state index contributed by atoms with van der Waals surface area (Å²) in [5, 5.41) is 0. The maximum Gasteiger partial charge on any atom is 0.241 e. The van der Waals surface area contributed by atoms with Crippen LogP contribution in [0.25, 0.3) is 0 Å². The molecule has 2 rings (SSSR count). The molecule has 1 N–H and O–H groups in total. The molecule has 0 unspecified atom stereocenters. The van der Waals surface area contributed by atoms with Crippen LogP contribution in [0.3, 0.4) is 0 Å². The largest absolute Gasteiger partial charge is 0.241 e. The Bertz CT molecular complexity index is 736. The number of nitrogens with one attached hydrogen (secondary N) is 1. The van der Waals surface area contributed by atoms with E-state index in [-0.39, 0.29) is 16.4 Å². The molecule has 0 amide bonds. The van der Waals surface area contributed by atoms with E-state index in [1.54, 1.807) is 13.0 Å². The zero-order chi connectivity index (χ0) is 15.1. The van der Waals surface area contributed by atoms with Crippen molar-refractivity contribution in [2.24, 2.45) is 0 Å². The summed E-state index contributed by atoms with van der Waals surface area (Å²) in [4.78, 5) is 0.227. The lowest BCUT2D eigenvalue weighted by Gasteiger charge is -2.15. The summed E-state index contributed by atoms with van der Waals surface area (Å²) in [6.45, 7) is 5.52. The predicted octanol–water partition coefficient (Wildman–Crippen LogP) is 1.08. The number of sulfone groups is 1. The number of aryl methyl sites for hydroxylation is 3. The van der Waals surface area contributed by atoms with Crippen molar-refractivity contribution in [3.63, 3.8) is 0 Å². The molecule has 1 aromatic rings. The monoisotopic (exact) mass is 317 g/mol. The van der Waals surface area contributed by atoms with Crippen LogP contribution in [-0.2, 0) is 19.9 Å². The van der Waals surface area contributed by atoms with E-state index >= 15 is 0 Å². The van der Waals surface area contributed by atoms with Gasteiger partial charge in [0.1, 0.15) is 0 Å². The van der Waals surface area contributed by atoms with E-state index in [0.717, 1.165) is 11.1 Å². The van der Waals surface area contributed by atoms with Gasteiger partial charge >= 0.3 is 0 Å². The first-order valence-electron chi connectivity index (χ1n) is 6.41. The minimum Gasteiger partial charge on any atom is -0.229 e. The van der Waals surface area contributed by atoms with Crippen molar-refractivity contribution in [2.45, 2.75) is 38.1 Å². The fourth-order valence-corrected chi connectivity index (χ4v) is 5.75. The lowest BCUT2D eigenvalue weighted by atomic mass is 10.1. The lowest BCUT2D eigenvalue weighted by Crippen LogP contribution is -2.36. The van der Waals surface area contributed by atoms with E-state index in [0.29, 0.717) is 12.0 Å². The Morgan fingerprint density at radius 1 is 1.10 bits per heavy atom. The molecule has 1 aliphatic heterocycles. The molecule has 1 atom stereocenters. The van der Waals surface area contributed by atoms with Gasteiger partial charge in [-0.2, -0.15) is 0 Å². The zero-order valence-corrected chi connectivity index (χ0v) is 13.4. The van der Waals surface area contributed by atoms with Gasteiger partial charge in [-0.1, -0.05) is 6.07 Å². The Hall–Kier alpha value is -0.920. The highest BCUT2D eigenvalue weighted by molar-refractivity contribution is 7.92. The Labute approximate surface area is 120 Å². The summed E-state index contributed by atoms with van der Waals surface area (Å²) in [7, 11) is -6.78. The predicted molar refractivity (Wildman–Crippen MR) is 78.0 cm³/mol. The van der Waals surface area contributed by atoms with Gasteiger partial charge in [0, 0.05) is 6.04 Å². The van der Waals surface area contributed by atoms with E-state index in [1.165, 1.54) is 0 Å². The van der Waals surface area contributed by atoms with Crippen molar-refractivity contribution in [1.29, 1.82) is 0 Å². The first kappa shape index (κ1) is 15.5. The van der Waals surface area contributed by atoms with Gasteiger partial charge in [0.05, 0.1) is 16.4 Å². The first-order valence-corrected chi connectivity index (χ1v) is 9.72. The Morgan fingerprint density at radius 3 is 2.25 bits per heavy atom. The standard InChI is InChI=1S/C13H19NO4S2/c1-9-6-11(3)13(7-10(9)2)20(17,18)14-12-4-5-19(15,16)8-12/h6-7,12,14H,4-5,8H2,1-3H3/t12-/m1/s1. The molecule has 1 aromatic carbocycles. The molecule has 0 radical (unpaired) electrons. The summed E-state index contributed by atoms with van der Waals surface area (Å²) in [6.07, 6.45) is 0.339. The lowest BCUT2D eigenvalue weighted by molar-refractivity contribution is 0.562. The molecule has 0 aliphatic carbocycles. The SMILES string of the molecule is Cc1cc(C)c(S(=O)(=O)N[C@@H]2CCS(=O)(=O)C2)cc1C. The van der Waals surface area contributed by atoms with Crippen LogP contribution in [0.1, 0.15) is 23.1 Å². The second kappa shape index (κ2) is 5.13. The van der Waals surface area contributed by atoms with E-state index < -0.39 is 25.9 Å². The molecule has 0 bridgehead atoms. The van der Waals surface area contributed by atoms with Gasteiger partial charge < -0.3 is 0 Å². The molecule has 7 heteroatoms. The van der Waals surface area contributed by atoms with Crippen molar-refractivity contribution in [3.05, 3.63) is 28.8 Å². The van der Waals surface area contributed by atoms with Gasteiger partial charge in [-0.15, -0.1) is 0 Å². The van der Waals surface area contributed by atoms with Crippen LogP contribution in [0.15, 0.2) is 17.0 Å². The van der Waals surface area contributed by atoms with Gasteiger partial charge in [-0.3, -0.25) is 0 Å². The third-order valence-corrected chi connectivity index (χ3v) is 7.07. The number of benzene rings is 1. The molecule has 1 fully saturated rings. The van der Waals surface area contributed by atoms with Gasteiger partial charge in [0.2, 0.25) is 10.0 Å². The Kier molecular flexibility index (Phi) is 3.96. The number of hydrogen-bond acceptors (Lipinski definition) is 4. The van der Waals surface area contributed by atoms with Crippen LogP contribution in [0, 0.1) is 20.8 Å². The molecule has 0 aromatic heterocycles. The fourth-order valence-electron chi connectivity index (χ4n) is 2.39. The molecule has 0 saturated carbocycles. The first-order chi connectivity index (χ1) is 9.11. The number of rotatable bonds is 3. The molecule has 1 saturated heterocycles. The molecule has 20 heavy (non-hydrogen) atoms. The summed E-state index contributed by atoms with van der Waals surface area (Å²) in [5.74, 6) is -0.0672. The Balaban J connectivity index is 2.30. The Morgan fingerprint density at radius 2 is 1.70 bits per heavy atom. The zero-order valence-electron chi connectivity index (χ0n) is 11.8. The van der Waals surface area contributed by atoms with Gasteiger partial charge in [0.15, 0.2) is 9.84 Å². The highest BCUT2D eigenvalue weighted by Gasteiger charge is 2.31. The van der Waals surface area contributed by atoms with E-state index in [9.17, 15) is 16.8 Å². The quantitative estimate of drug-likeness (QED) is 0.904. The van der Waals surface area contributed by atoms with Crippen molar-refractivity contribution >= 4 is 19.9 Å². The smallest absolute Gasteiger partial charge is 0.229 e. The van der Waals surface area contributed by atoms with E-state index in [4.69, 9.17) is 0 Å². The maximum atomic E-state index is 12.4. The molecule has 0 spiro atoms. The summed E-state index contributed by atoms with van der Waals surface area (Å²) >= 11 is 0. The van der Waals surface area contributed by atoms with Crippen LogP contribution in [-0.4, -0.2) is 34.4 Å². The number of sulfonamides is 1. The third-order valence-electron chi connectivity index (χ3n) is 3.64. The van der Waals surface area contributed by atoms with Crippen LogP contribution in [0.2, 0.25) is 0 Å². The van der Waals surface area contributed by atoms with Gasteiger partial charge in [0.25, 0.3) is 0 Å². The highest BCUT2D eigenvalue weighted by Crippen LogP contribution is 2.21. The van der Waals surface area contributed by atoms with Gasteiger partial charge in [-0.25, -0.2) is 21.6 Å². The van der Waals surface area contributed by atoms with Crippen LogP contribution in [0.4, 0.5) is 0 Å². The maximum absolute atomic E-state index is 12.4.